The SMILES string of the molecule is COc1ccc(CCn2cc(-c3ccc(OCc4ccccc4)c(OCc4ccccc4)c3)c3c4cc(OCc5ccccc5)c(OCc5ccccc5)cc4oc(=O)c32)cc1OCc1ccccc1. The smallest absolute Gasteiger partial charge is 0.361 e. The molecule has 0 aliphatic rings. The standard InChI is InChI=1S/C61H51NO8/c1-64-52-29-27-43(33-55(52)66-39-45-19-9-3-10-20-45)31-32-62-37-51(49-28-30-53(65-38-44-17-7-2-8-18-44)56(34-49)67-40-46-21-11-4-12-22-46)59-50-35-57(68-41-47-23-13-5-14-24-47)58(36-54(50)70-61(63)60(59)62)69-42-48-25-15-6-16-26-48/h2-30,33-37H,31-32,38-42H2,1H3. The highest BCUT2D eigenvalue weighted by Crippen LogP contribution is 2.43. The quantitative estimate of drug-likeness (QED) is 0.0698. The lowest BCUT2D eigenvalue weighted by Crippen LogP contribution is -2.09. The number of rotatable bonds is 20. The molecule has 0 aliphatic heterocycles. The summed E-state index contributed by atoms with van der Waals surface area (Å²) in [6.45, 7) is 2.11. The summed E-state index contributed by atoms with van der Waals surface area (Å²) in [7, 11) is 1.64. The molecule has 0 saturated heterocycles. The van der Waals surface area contributed by atoms with E-state index in [-0.39, 0.29) is 6.61 Å². The number of fused-ring (bicyclic) bond motifs is 3. The van der Waals surface area contributed by atoms with Gasteiger partial charge in [0.2, 0.25) is 0 Å². The number of aryl methyl sites for hydroxylation is 2. The molecule has 9 nitrogen and oxygen atoms in total. The van der Waals surface area contributed by atoms with Crippen LogP contribution in [0.4, 0.5) is 0 Å². The zero-order chi connectivity index (χ0) is 47.5. The average molecular weight is 926 g/mol. The lowest BCUT2D eigenvalue weighted by atomic mass is 10.0. The minimum absolute atomic E-state index is 0.289. The Labute approximate surface area is 406 Å². The van der Waals surface area contributed by atoms with Crippen molar-refractivity contribution in [2.24, 2.45) is 0 Å². The molecular formula is C61H51NO8. The van der Waals surface area contributed by atoms with E-state index in [4.69, 9.17) is 32.8 Å². The van der Waals surface area contributed by atoms with Crippen LogP contribution in [-0.2, 0) is 46.0 Å². The fourth-order valence-electron chi connectivity index (χ4n) is 8.46. The molecular weight excluding hydrogens is 875 g/mol. The van der Waals surface area contributed by atoms with Crippen molar-refractivity contribution in [3.8, 4) is 45.6 Å². The van der Waals surface area contributed by atoms with Crippen molar-refractivity contribution >= 4 is 21.9 Å². The average Bonchev–Trinajstić information content (AvgIpc) is 3.81. The molecule has 10 rings (SSSR count). The summed E-state index contributed by atoms with van der Waals surface area (Å²) in [5.74, 6) is 3.40. The second-order valence-electron chi connectivity index (χ2n) is 16.9. The van der Waals surface area contributed by atoms with E-state index < -0.39 is 5.63 Å². The van der Waals surface area contributed by atoms with Gasteiger partial charge in [-0.3, -0.25) is 0 Å². The summed E-state index contributed by atoms with van der Waals surface area (Å²) >= 11 is 0. The lowest BCUT2D eigenvalue weighted by Gasteiger charge is -2.16. The molecule has 10 aromatic rings. The maximum absolute atomic E-state index is 14.6. The van der Waals surface area contributed by atoms with E-state index >= 15 is 0 Å². The number of benzene rings is 8. The van der Waals surface area contributed by atoms with Crippen LogP contribution in [0.5, 0.6) is 34.5 Å². The Morgan fingerprint density at radius 1 is 0.429 bits per heavy atom. The third-order valence-electron chi connectivity index (χ3n) is 12.1. The topological polar surface area (TPSA) is 90.5 Å². The van der Waals surface area contributed by atoms with E-state index in [1.807, 2.05) is 205 Å². The normalized spacial score (nSPS) is 11.1. The predicted molar refractivity (Wildman–Crippen MR) is 274 cm³/mol. The first-order valence-corrected chi connectivity index (χ1v) is 23.3. The third-order valence-corrected chi connectivity index (χ3v) is 12.1. The first-order chi connectivity index (χ1) is 34.5. The largest absolute Gasteiger partial charge is 0.493 e. The van der Waals surface area contributed by atoms with Gasteiger partial charge >= 0.3 is 5.63 Å². The number of ether oxygens (including phenoxy) is 6. The van der Waals surface area contributed by atoms with Crippen molar-refractivity contribution in [3.63, 3.8) is 0 Å². The van der Waals surface area contributed by atoms with Crippen LogP contribution >= 0.6 is 0 Å². The number of methoxy groups -OCH3 is 1. The minimum Gasteiger partial charge on any atom is -0.493 e. The van der Waals surface area contributed by atoms with Gasteiger partial charge < -0.3 is 37.4 Å². The van der Waals surface area contributed by atoms with Crippen LogP contribution in [0, 0.1) is 0 Å². The number of nitrogens with zero attached hydrogens (tertiary/aromatic N) is 1. The number of aromatic nitrogens is 1. The first-order valence-electron chi connectivity index (χ1n) is 23.3. The van der Waals surface area contributed by atoms with E-state index in [1.165, 1.54) is 0 Å². The van der Waals surface area contributed by atoms with Gasteiger partial charge in [0.25, 0.3) is 0 Å². The van der Waals surface area contributed by atoms with Crippen molar-refractivity contribution in [2.75, 3.05) is 7.11 Å². The Morgan fingerprint density at radius 2 is 0.857 bits per heavy atom. The molecule has 0 saturated carbocycles. The molecule has 348 valence electrons. The second-order valence-corrected chi connectivity index (χ2v) is 16.9. The Hall–Kier alpha value is -8.69. The van der Waals surface area contributed by atoms with Crippen molar-refractivity contribution in [1.29, 1.82) is 0 Å². The molecule has 0 N–H and O–H groups in total. The van der Waals surface area contributed by atoms with Gasteiger partial charge in [-0.15, -0.1) is 0 Å². The van der Waals surface area contributed by atoms with Gasteiger partial charge in [-0.05, 0) is 75.7 Å². The molecule has 2 aromatic heterocycles. The van der Waals surface area contributed by atoms with Crippen molar-refractivity contribution in [2.45, 2.75) is 46.0 Å². The molecule has 0 unspecified atom stereocenters. The van der Waals surface area contributed by atoms with Crippen LogP contribution in [0.15, 0.2) is 216 Å². The van der Waals surface area contributed by atoms with Crippen LogP contribution in [0.3, 0.4) is 0 Å². The summed E-state index contributed by atoms with van der Waals surface area (Å²) < 4.78 is 46.3. The highest BCUT2D eigenvalue weighted by Gasteiger charge is 2.23. The fourth-order valence-corrected chi connectivity index (χ4v) is 8.46. The van der Waals surface area contributed by atoms with Crippen molar-refractivity contribution in [3.05, 3.63) is 250 Å². The molecule has 9 heteroatoms. The van der Waals surface area contributed by atoms with Gasteiger partial charge in [0.15, 0.2) is 34.5 Å². The summed E-state index contributed by atoms with van der Waals surface area (Å²) in [6, 6.07) is 65.6. The predicted octanol–water partition coefficient (Wildman–Crippen LogP) is 13.6. The highest BCUT2D eigenvalue weighted by atomic mass is 16.5. The van der Waals surface area contributed by atoms with Crippen LogP contribution in [0.2, 0.25) is 0 Å². The fraction of sp³-hybridized carbons (Fsp3) is 0.131. The molecule has 0 fully saturated rings. The molecule has 8 aromatic carbocycles. The molecule has 0 radical (unpaired) electrons. The van der Waals surface area contributed by atoms with E-state index in [9.17, 15) is 4.79 Å². The van der Waals surface area contributed by atoms with E-state index in [2.05, 4.69) is 0 Å². The Kier molecular flexibility index (Phi) is 13.9. The summed E-state index contributed by atoms with van der Waals surface area (Å²) in [4.78, 5) is 14.6. The summed E-state index contributed by atoms with van der Waals surface area (Å²) in [5, 5.41) is 1.40. The van der Waals surface area contributed by atoms with Crippen LogP contribution < -0.4 is 34.0 Å². The van der Waals surface area contributed by atoms with Gasteiger partial charge in [0.1, 0.15) is 44.1 Å². The second kappa shape index (κ2) is 21.5. The van der Waals surface area contributed by atoms with Gasteiger partial charge in [-0.2, -0.15) is 0 Å². The maximum atomic E-state index is 14.6. The van der Waals surface area contributed by atoms with Gasteiger partial charge in [0.05, 0.1) is 7.11 Å². The van der Waals surface area contributed by atoms with Gasteiger partial charge in [-0.1, -0.05) is 164 Å². The molecule has 70 heavy (non-hydrogen) atoms. The van der Waals surface area contributed by atoms with Crippen molar-refractivity contribution < 1.29 is 32.8 Å². The lowest BCUT2D eigenvalue weighted by molar-refractivity contribution is 0.256. The Balaban J connectivity index is 1.08. The van der Waals surface area contributed by atoms with Crippen LogP contribution in [0.25, 0.3) is 33.0 Å². The van der Waals surface area contributed by atoms with Crippen LogP contribution in [0.1, 0.15) is 33.4 Å². The molecule has 0 atom stereocenters. The van der Waals surface area contributed by atoms with E-state index in [0.29, 0.717) is 95.8 Å². The zero-order valence-corrected chi connectivity index (χ0v) is 38.8. The highest BCUT2D eigenvalue weighted by molar-refractivity contribution is 6.12. The van der Waals surface area contributed by atoms with Gasteiger partial charge in [0, 0.05) is 35.1 Å². The maximum Gasteiger partial charge on any atom is 0.361 e. The molecule has 0 spiro atoms. The number of hydrogen-bond acceptors (Lipinski definition) is 8. The molecule has 0 amide bonds. The minimum atomic E-state index is -0.481. The number of hydrogen-bond donors (Lipinski definition) is 0. The Morgan fingerprint density at radius 3 is 1.34 bits per heavy atom. The van der Waals surface area contributed by atoms with E-state index in [0.717, 1.165) is 44.5 Å². The van der Waals surface area contributed by atoms with Gasteiger partial charge in [-0.25, -0.2) is 4.79 Å². The summed E-state index contributed by atoms with van der Waals surface area (Å²) in [5.41, 5.74) is 8.02. The molecule has 0 bridgehead atoms. The molecule has 2 heterocycles. The first kappa shape index (κ1) is 45.1. The van der Waals surface area contributed by atoms with E-state index in [1.54, 1.807) is 13.2 Å². The monoisotopic (exact) mass is 925 g/mol. The van der Waals surface area contributed by atoms with Crippen LogP contribution in [-0.4, -0.2) is 11.7 Å². The molecule has 0 aliphatic carbocycles. The van der Waals surface area contributed by atoms with Crippen molar-refractivity contribution in [1.82, 2.24) is 4.57 Å². The summed E-state index contributed by atoms with van der Waals surface area (Å²) in [6.07, 6.45) is 2.60. The Bertz CT molecular complexity index is 3370. The zero-order valence-electron chi connectivity index (χ0n) is 38.8. The third kappa shape index (κ3) is 10.7.